The summed E-state index contributed by atoms with van der Waals surface area (Å²) in [4.78, 5) is 26.9. The SMILES string of the molecule is Cc1csc([C@H]2CCCCN2C(=O)c2cnc(C(C)C)[nH]2)n1. The molecule has 1 N–H and O–H groups in total. The van der Waals surface area contributed by atoms with E-state index >= 15 is 0 Å². The number of H-pyrrole nitrogens is 1. The first-order chi connectivity index (χ1) is 10.6. The molecule has 0 radical (unpaired) electrons. The number of aryl methyl sites for hydroxylation is 1. The van der Waals surface area contributed by atoms with Crippen molar-refractivity contribution in [1.82, 2.24) is 19.9 Å². The summed E-state index contributed by atoms with van der Waals surface area (Å²) in [6.45, 7) is 6.92. The first kappa shape index (κ1) is 15.2. The van der Waals surface area contributed by atoms with Crippen LogP contribution in [0.25, 0.3) is 0 Å². The molecule has 1 amide bonds. The minimum Gasteiger partial charge on any atom is -0.338 e. The first-order valence-electron chi connectivity index (χ1n) is 7.84. The van der Waals surface area contributed by atoms with Gasteiger partial charge in [0.05, 0.1) is 12.2 Å². The van der Waals surface area contributed by atoms with Crippen LogP contribution in [0.15, 0.2) is 11.6 Å². The number of piperidine rings is 1. The summed E-state index contributed by atoms with van der Waals surface area (Å²) in [6, 6.07) is 0.103. The number of nitrogens with one attached hydrogen (secondary N) is 1. The molecule has 1 atom stereocenters. The highest BCUT2D eigenvalue weighted by Gasteiger charge is 2.31. The molecule has 1 aliphatic rings. The lowest BCUT2D eigenvalue weighted by atomic mass is 10.0. The predicted molar refractivity (Wildman–Crippen MR) is 87.2 cm³/mol. The molecule has 0 saturated carbocycles. The van der Waals surface area contributed by atoms with Crippen molar-refractivity contribution >= 4 is 17.2 Å². The fourth-order valence-electron chi connectivity index (χ4n) is 2.85. The van der Waals surface area contributed by atoms with E-state index in [2.05, 4.69) is 34.2 Å². The van der Waals surface area contributed by atoms with Gasteiger partial charge in [0.2, 0.25) is 0 Å². The third-order valence-corrected chi connectivity index (χ3v) is 5.12. The van der Waals surface area contributed by atoms with Crippen LogP contribution >= 0.6 is 11.3 Å². The number of imidazole rings is 1. The monoisotopic (exact) mass is 318 g/mol. The van der Waals surface area contributed by atoms with Crippen LogP contribution in [0.1, 0.15) is 72.1 Å². The molecule has 22 heavy (non-hydrogen) atoms. The van der Waals surface area contributed by atoms with Crippen molar-refractivity contribution in [3.8, 4) is 0 Å². The van der Waals surface area contributed by atoms with Crippen LogP contribution < -0.4 is 0 Å². The Labute approximate surface area is 134 Å². The van der Waals surface area contributed by atoms with Crippen LogP contribution in [0.4, 0.5) is 0 Å². The Balaban J connectivity index is 1.84. The molecular formula is C16H22N4OS. The summed E-state index contributed by atoms with van der Waals surface area (Å²) in [7, 11) is 0. The standard InChI is InChI=1S/C16H22N4OS/c1-10(2)14-17-8-12(19-14)16(21)20-7-5-4-6-13(20)15-18-11(3)9-22-15/h8-10,13H,4-7H2,1-3H3,(H,17,19)/t13-/m1/s1. The Bertz CT molecular complexity index is 661. The zero-order valence-corrected chi connectivity index (χ0v) is 14.1. The molecule has 0 spiro atoms. The third kappa shape index (κ3) is 2.92. The molecule has 3 rings (SSSR count). The number of nitrogens with zero attached hydrogens (tertiary/aromatic N) is 3. The van der Waals surface area contributed by atoms with Crippen molar-refractivity contribution in [2.75, 3.05) is 6.54 Å². The summed E-state index contributed by atoms with van der Waals surface area (Å²) in [5, 5.41) is 3.11. The first-order valence-corrected chi connectivity index (χ1v) is 8.72. The van der Waals surface area contributed by atoms with Crippen molar-refractivity contribution in [3.05, 3.63) is 33.8 Å². The molecule has 5 nitrogen and oxygen atoms in total. The van der Waals surface area contributed by atoms with Crippen LogP contribution in [0.3, 0.4) is 0 Å². The Kier molecular flexibility index (Phi) is 4.29. The lowest BCUT2D eigenvalue weighted by Gasteiger charge is -2.34. The fraction of sp³-hybridized carbons (Fsp3) is 0.562. The van der Waals surface area contributed by atoms with Gasteiger partial charge in [0.1, 0.15) is 16.5 Å². The summed E-state index contributed by atoms with van der Waals surface area (Å²) >= 11 is 1.65. The van der Waals surface area contributed by atoms with E-state index in [1.165, 1.54) is 0 Å². The highest BCUT2D eigenvalue weighted by molar-refractivity contribution is 7.09. The molecule has 0 unspecified atom stereocenters. The molecule has 2 aromatic rings. The van der Waals surface area contributed by atoms with Crippen molar-refractivity contribution in [2.45, 2.75) is 52.0 Å². The zero-order valence-electron chi connectivity index (χ0n) is 13.3. The molecule has 0 aliphatic carbocycles. The second-order valence-electron chi connectivity index (χ2n) is 6.17. The predicted octanol–water partition coefficient (Wildman–Crippen LogP) is 3.67. The molecule has 3 heterocycles. The van der Waals surface area contributed by atoms with E-state index in [-0.39, 0.29) is 11.9 Å². The van der Waals surface area contributed by atoms with E-state index in [4.69, 9.17) is 0 Å². The molecule has 2 aromatic heterocycles. The zero-order chi connectivity index (χ0) is 15.7. The number of amides is 1. The van der Waals surface area contributed by atoms with Crippen molar-refractivity contribution in [1.29, 1.82) is 0 Å². The van der Waals surface area contributed by atoms with Gasteiger partial charge >= 0.3 is 0 Å². The van der Waals surface area contributed by atoms with E-state index in [1.54, 1.807) is 17.5 Å². The van der Waals surface area contributed by atoms with Gasteiger partial charge in [0, 0.05) is 23.5 Å². The van der Waals surface area contributed by atoms with E-state index in [0.29, 0.717) is 11.6 Å². The highest BCUT2D eigenvalue weighted by atomic mass is 32.1. The lowest BCUT2D eigenvalue weighted by molar-refractivity contribution is 0.0605. The van der Waals surface area contributed by atoms with E-state index in [0.717, 1.165) is 42.3 Å². The van der Waals surface area contributed by atoms with Crippen LogP contribution in [0.2, 0.25) is 0 Å². The number of aromatic nitrogens is 3. The van der Waals surface area contributed by atoms with Gasteiger partial charge in [0.25, 0.3) is 5.91 Å². The second-order valence-corrected chi connectivity index (χ2v) is 7.06. The molecule has 118 valence electrons. The quantitative estimate of drug-likeness (QED) is 0.939. The maximum Gasteiger partial charge on any atom is 0.272 e. The summed E-state index contributed by atoms with van der Waals surface area (Å²) in [6.07, 6.45) is 4.85. The van der Waals surface area contributed by atoms with Crippen LogP contribution in [-0.2, 0) is 0 Å². The highest BCUT2D eigenvalue weighted by Crippen LogP contribution is 2.33. The maximum absolute atomic E-state index is 12.9. The number of carbonyl (C=O) groups is 1. The van der Waals surface area contributed by atoms with Gasteiger partial charge in [0.15, 0.2) is 0 Å². The Morgan fingerprint density at radius 2 is 2.27 bits per heavy atom. The van der Waals surface area contributed by atoms with Gasteiger partial charge in [-0.05, 0) is 26.2 Å². The van der Waals surface area contributed by atoms with E-state index in [1.807, 2.05) is 11.8 Å². The summed E-state index contributed by atoms with van der Waals surface area (Å²) < 4.78 is 0. The average Bonchev–Trinajstić information content (AvgIpc) is 3.15. The van der Waals surface area contributed by atoms with Gasteiger partial charge in [-0.2, -0.15) is 0 Å². The molecule has 1 saturated heterocycles. The number of hydrogen-bond acceptors (Lipinski definition) is 4. The minimum absolute atomic E-state index is 0.0388. The minimum atomic E-state index is 0.0388. The Morgan fingerprint density at radius 3 is 2.91 bits per heavy atom. The fourth-order valence-corrected chi connectivity index (χ4v) is 3.79. The van der Waals surface area contributed by atoms with Gasteiger partial charge < -0.3 is 9.88 Å². The summed E-state index contributed by atoms with van der Waals surface area (Å²) in [5.41, 5.74) is 1.62. The molecule has 1 fully saturated rings. The van der Waals surface area contributed by atoms with Crippen molar-refractivity contribution in [2.24, 2.45) is 0 Å². The smallest absolute Gasteiger partial charge is 0.272 e. The largest absolute Gasteiger partial charge is 0.338 e. The summed E-state index contributed by atoms with van der Waals surface area (Å²) in [5.74, 6) is 1.19. The van der Waals surface area contributed by atoms with Crippen molar-refractivity contribution < 1.29 is 4.79 Å². The molecule has 1 aliphatic heterocycles. The molecule has 0 aromatic carbocycles. The number of carbonyl (C=O) groups excluding carboxylic acids is 1. The van der Waals surface area contributed by atoms with Gasteiger partial charge in [-0.25, -0.2) is 9.97 Å². The number of aromatic amines is 1. The van der Waals surface area contributed by atoms with E-state index in [9.17, 15) is 4.79 Å². The van der Waals surface area contributed by atoms with Crippen LogP contribution in [0, 0.1) is 6.92 Å². The number of thiazole rings is 1. The normalized spacial score (nSPS) is 18.9. The maximum atomic E-state index is 12.9. The Morgan fingerprint density at radius 1 is 1.45 bits per heavy atom. The second kappa shape index (κ2) is 6.20. The van der Waals surface area contributed by atoms with Crippen molar-refractivity contribution in [3.63, 3.8) is 0 Å². The third-order valence-electron chi connectivity index (χ3n) is 4.06. The molecule has 6 heteroatoms. The van der Waals surface area contributed by atoms with Gasteiger partial charge in [-0.15, -0.1) is 11.3 Å². The van der Waals surface area contributed by atoms with Crippen LogP contribution in [0.5, 0.6) is 0 Å². The number of likely N-dealkylation sites (tertiary alicyclic amines) is 1. The number of hydrogen-bond donors (Lipinski definition) is 1. The number of rotatable bonds is 3. The van der Waals surface area contributed by atoms with Gasteiger partial charge in [-0.3, -0.25) is 4.79 Å². The van der Waals surface area contributed by atoms with Crippen LogP contribution in [-0.4, -0.2) is 32.3 Å². The lowest BCUT2D eigenvalue weighted by Crippen LogP contribution is -2.38. The Hall–Kier alpha value is -1.69. The van der Waals surface area contributed by atoms with E-state index < -0.39 is 0 Å². The van der Waals surface area contributed by atoms with Gasteiger partial charge in [-0.1, -0.05) is 13.8 Å². The molecular weight excluding hydrogens is 296 g/mol. The topological polar surface area (TPSA) is 61.9 Å². The molecule has 0 bridgehead atoms. The average molecular weight is 318 g/mol.